The first-order valence-corrected chi connectivity index (χ1v) is 8.33. The van der Waals surface area contributed by atoms with Crippen LogP contribution in [0.15, 0.2) is 30.6 Å². The molecule has 11 heteroatoms. The summed E-state index contributed by atoms with van der Waals surface area (Å²) in [6.45, 7) is 2.61. The molecule has 0 N–H and O–H groups in total. The maximum atomic E-state index is 11.0. The highest BCUT2D eigenvalue weighted by atomic mass is 35.5. The zero-order chi connectivity index (χ0) is 18.7. The van der Waals surface area contributed by atoms with Crippen LogP contribution in [0.3, 0.4) is 0 Å². The van der Waals surface area contributed by atoms with E-state index >= 15 is 0 Å². The molecular weight excluding hydrogens is 383 g/mol. The molecule has 0 aliphatic heterocycles. The minimum Gasteiger partial charge on any atom is -0.484 e. The molecule has 26 heavy (non-hydrogen) atoms. The molecule has 0 aliphatic carbocycles. The van der Waals surface area contributed by atoms with E-state index in [2.05, 4.69) is 15.3 Å². The smallest absolute Gasteiger partial charge is 0.342 e. The van der Waals surface area contributed by atoms with Crippen LogP contribution >= 0.6 is 23.2 Å². The average Bonchev–Trinajstić information content (AvgIpc) is 3.19. The molecule has 136 valence electrons. The minimum absolute atomic E-state index is 0.0560. The Morgan fingerprint density at radius 1 is 1.27 bits per heavy atom. The lowest BCUT2D eigenvalue weighted by molar-refractivity contribution is -0.392. The minimum atomic E-state index is -0.464. The lowest BCUT2D eigenvalue weighted by Gasteiger charge is -2.07. The van der Waals surface area contributed by atoms with Crippen LogP contribution in [-0.2, 0) is 19.7 Å². The second kappa shape index (κ2) is 7.71. The van der Waals surface area contributed by atoms with Gasteiger partial charge in [-0.1, -0.05) is 34.5 Å². The standard InChI is InChI=1S/C15H14Cl2N6O3/c1-10-18-7-14(23(24)25)22(10)6-5-21-8-11(19-20-21)9-26-15-12(16)3-2-4-13(15)17/h2-4,7-8H,5-6,9H2,1H3. The third kappa shape index (κ3) is 3.94. The summed E-state index contributed by atoms with van der Waals surface area (Å²) in [6, 6.07) is 5.09. The number of hydrogen-bond donors (Lipinski definition) is 0. The third-order valence-corrected chi connectivity index (χ3v) is 4.24. The molecule has 0 atom stereocenters. The van der Waals surface area contributed by atoms with Crippen LogP contribution in [0.1, 0.15) is 11.5 Å². The van der Waals surface area contributed by atoms with Crippen LogP contribution in [0.2, 0.25) is 10.0 Å². The maximum absolute atomic E-state index is 11.0. The molecule has 2 aromatic heterocycles. The van der Waals surface area contributed by atoms with Gasteiger partial charge in [0.1, 0.15) is 25.0 Å². The van der Waals surface area contributed by atoms with Gasteiger partial charge in [-0.15, -0.1) is 5.10 Å². The first-order chi connectivity index (χ1) is 12.5. The Bertz CT molecular complexity index is 919. The van der Waals surface area contributed by atoms with Gasteiger partial charge in [0.25, 0.3) is 0 Å². The van der Waals surface area contributed by atoms with E-state index < -0.39 is 4.92 Å². The topological polar surface area (TPSA) is 101 Å². The molecular formula is C15H14Cl2N6O3. The van der Waals surface area contributed by atoms with Crippen molar-refractivity contribution >= 4 is 29.0 Å². The van der Waals surface area contributed by atoms with Gasteiger partial charge in [-0.3, -0.25) is 0 Å². The van der Waals surface area contributed by atoms with Crippen molar-refractivity contribution in [2.45, 2.75) is 26.6 Å². The second-order valence-electron chi connectivity index (χ2n) is 5.38. The molecule has 0 amide bonds. The highest BCUT2D eigenvalue weighted by molar-refractivity contribution is 6.37. The lowest BCUT2D eigenvalue weighted by Crippen LogP contribution is -2.11. The summed E-state index contributed by atoms with van der Waals surface area (Å²) in [5.74, 6) is 0.892. The van der Waals surface area contributed by atoms with Crippen molar-refractivity contribution in [3.05, 3.63) is 62.3 Å². The lowest BCUT2D eigenvalue weighted by atomic mass is 10.3. The number of imidazole rings is 1. The first kappa shape index (κ1) is 18.2. The quantitative estimate of drug-likeness (QED) is 0.448. The SMILES string of the molecule is Cc1ncc([N+](=O)[O-])n1CCn1cc(COc2c(Cl)cccc2Cl)nn1. The van der Waals surface area contributed by atoms with E-state index in [-0.39, 0.29) is 12.4 Å². The van der Waals surface area contributed by atoms with Crippen molar-refractivity contribution in [3.8, 4) is 5.75 Å². The number of benzene rings is 1. The molecule has 0 radical (unpaired) electrons. The summed E-state index contributed by atoms with van der Waals surface area (Å²) in [6.07, 6.45) is 2.94. The summed E-state index contributed by atoms with van der Waals surface area (Å²) in [5.41, 5.74) is 0.581. The van der Waals surface area contributed by atoms with Crippen molar-refractivity contribution in [1.29, 1.82) is 0 Å². The number of nitrogens with zero attached hydrogens (tertiary/aromatic N) is 6. The first-order valence-electron chi connectivity index (χ1n) is 7.58. The van der Waals surface area contributed by atoms with Gasteiger partial charge in [0.15, 0.2) is 11.6 Å². The van der Waals surface area contributed by atoms with Crippen molar-refractivity contribution in [2.24, 2.45) is 0 Å². The van der Waals surface area contributed by atoms with E-state index in [9.17, 15) is 10.1 Å². The molecule has 3 rings (SSSR count). The van der Waals surface area contributed by atoms with Gasteiger partial charge < -0.3 is 14.9 Å². The van der Waals surface area contributed by atoms with E-state index in [1.54, 1.807) is 36.0 Å². The number of para-hydroxylation sites is 1. The molecule has 1 aromatic carbocycles. The molecule has 0 fully saturated rings. The Labute approximate surface area is 158 Å². The zero-order valence-corrected chi connectivity index (χ0v) is 15.2. The van der Waals surface area contributed by atoms with Crippen LogP contribution in [0, 0.1) is 17.0 Å². The molecule has 0 unspecified atom stereocenters. The van der Waals surface area contributed by atoms with Crippen LogP contribution in [0.4, 0.5) is 5.82 Å². The largest absolute Gasteiger partial charge is 0.484 e. The van der Waals surface area contributed by atoms with E-state index in [0.717, 1.165) is 0 Å². The normalized spacial score (nSPS) is 10.9. The van der Waals surface area contributed by atoms with Crippen LogP contribution in [0.5, 0.6) is 5.75 Å². The summed E-state index contributed by atoms with van der Waals surface area (Å²) in [4.78, 5) is 14.5. The molecule has 2 heterocycles. The number of halogens is 2. The molecule has 0 aliphatic rings. The number of ether oxygens (including phenoxy) is 1. The van der Waals surface area contributed by atoms with Gasteiger partial charge in [0, 0.05) is 6.92 Å². The van der Waals surface area contributed by atoms with E-state index in [4.69, 9.17) is 27.9 Å². The third-order valence-electron chi connectivity index (χ3n) is 3.64. The maximum Gasteiger partial charge on any atom is 0.342 e. The van der Waals surface area contributed by atoms with Crippen molar-refractivity contribution in [3.63, 3.8) is 0 Å². The number of hydrogen-bond acceptors (Lipinski definition) is 6. The Hall–Kier alpha value is -2.65. The highest BCUT2D eigenvalue weighted by Gasteiger charge is 2.17. The summed E-state index contributed by atoms with van der Waals surface area (Å²) >= 11 is 12.1. The molecule has 3 aromatic rings. The van der Waals surface area contributed by atoms with Gasteiger partial charge in [-0.2, -0.15) is 0 Å². The van der Waals surface area contributed by atoms with Crippen molar-refractivity contribution in [1.82, 2.24) is 24.5 Å². The predicted octanol–water partition coefficient (Wildman–Crippen LogP) is 3.28. The molecule has 0 bridgehead atoms. The van der Waals surface area contributed by atoms with Gasteiger partial charge in [0.2, 0.25) is 0 Å². The fourth-order valence-corrected chi connectivity index (χ4v) is 2.87. The van der Waals surface area contributed by atoms with Gasteiger partial charge in [-0.05, 0) is 17.1 Å². The van der Waals surface area contributed by atoms with E-state index in [1.807, 2.05) is 0 Å². The molecule has 0 saturated carbocycles. The van der Waals surface area contributed by atoms with Gasteiger partial charge in [-0.25, -0.2) is 14.2 Å². The highest BCUT2D eigenvalue weighted by Crippen LogP contribution is 2.32. The van der Waals surface area contributed by atoms with E-state index in [0.29, 0.717) is 40.4 Å². The molecule has 0 saturated heterocycles. The predicted molar refractivity (Wildman–Crippen MR) is 94.4 cm³/mol. The number of aryl methyl sites for hydroxylation is 2. The van der Waals surface area contributed by atoms with E-state index in [1.165, 1.54) is 10.8 Å². The van der Waals surface area contributed by atoms with Crippen molar-refractivity contribution in [2.75, 3.05) is 0 Å². The zero-order valence-electron chi connectivity index (χ0n) is 13.7. The van der Waals surface area contributed by atoms with Crippen LogP contribution < -0.4 is 4.74 Å². The number of aromatic nitrogens is 5. The number of rotatable bonds is 7. The Kier molecular flexibility index (Phi) is 5.38. The summed E-state index contributed by atoms with van der Waals surface area (Å²) in [7, 11) is 0. The van der Waals surface area contributed by atoms with Crippen LogP contribution in [-0.4, -0.2) is 29.5 Å². The fourth-order valence-electron chi connectivity index (χ4n) is 2.36. The Morgan fingerprint density at radius 3 is 2.69 bits per heavy atom. The number of nitro groups is 1. The monoisotopic (exact) mass is 396 g/mol. The Balaban J connectivity index is 1.62. The average molecular weight is 397 g/mol. The molecule has 0 spiro atoms. The van der Waals surface area contributed by atoms with Gasteiger partial charge in [0.05, 0.1) is 22.8 Å². The molecule has 9 nitrogen and oxygen atoms in total. The summed E-state index contributed by atoms with van der Waals surface area (Å²) < 4.78 is 8.70. The Morgan fingerprint density at radius 2 is 2.00 bits per heavy atom. The van der Waals surface area contributed by atoms with Crippen LogP contribution in [0.25, 0.3) is 0 Å². The van der Waals surface area contributed by atoms with Crippen molar-refractivity contribution < 1.29 is 9.66 Å². The second-order valence-corrected chi connectivity index (χ2v) is 6.20. The summed E-state index contributed by atoms with van der Waals surface area (Å²) in [5, 5.41) is 19.8. The van der Waals surface area contributed by atoms with Gasteiger partial charge >= 0.3 is 5.82 Å². The fraction of sp³-hybridized carbons (Fsp3) is 0.267.